The van der Waals surface area contributed by atoms with Crippen LogP contribution in [0.5, 0.6) is 0 Å². The molecule has 0 spiro atoms. The van der Waals surface area contributed by atoms with Crippen LogP contribution in [-0.2, 0) is 9.53 Å². The molecule has 1 saturated heterocycles. The molecule has 0 aliphatic carbocycles. The Hall–Kier alpha value is -1.40. The monoisotopic (exact) mass is 211 g/mol. The molecule has 6 heteroatoms. The second-order valence-electron chi connectivity index (χ2n) is 3.44. The van der Waals surface area contributed by atoms with Crippen molar-refractivity contribution in [1.82, 2.24) is 10.5 Å². The van der Waals surface area contributed by atoms with E-state index in [1.165, 1.54) is 12.5 Å². The average Bonchev–Trinajstić information content (AvgIpc) is 2.86. The lowest BCUT2D eigenvalue weighted by Gasteiger charge is -2.15. The number of nitrogens with zero attached hydrogens (tertiary/aromatic N) is 1. The average molecular weight is 211 g/mol. The quantitative estimate of drug-likeness (QED) is 0.727. The van der Waals surface area contributed by atoms with Gasteiger partial charge in [-0.2, -0.15) is 0 Å². The molecule has 6 nitrogen and oxygen atoms in total. The summed E-state index contributed by atoms with van der Waals surface area (Å²) in [5.41, 5.74) is 0.571. The van der Waals surface area contributed by atoms with Crippen LogP contribution in [0.25, 0.3) is 0 Å². The van der Waals surface area contributed by atoms with Gasteiger partial charge in [0.05, 0.1) is 25.3 Å². The van der Waals surface area contributed by atoms with Crippen LogP contribution in [0.4, 0.5) is 5.69 Å². The molecule has 82 valence electrons. The molecule has 1 fully saturated rings. The smallest absolute Gasteiger partial charge is 0.231 e. The van der Waals surface area contributed by atoms with Crippen molar-refractivity contribution < 1.29 is 14.1 Å². The van der Waals surface area contributed by atoms with Gasteiger partial charge in [0, 0.05) is 6.04 Å². The van der Waals surface area contributed by atoms with Crippen LogP contribution in [-0.4, -0.2) is 37.4 Å². The van der Waals surface area contributed by atoms with Crippen molar-refractivity contribution in [3.8, 4) is 0 Å². The Labute approximate surface area is 87.0 Å². The summed E-state index contributed by atoms with van der Waals surface area (Å²) in [6.45, 7) is 1.01. The third-order valence-electron chi connectivity index (χ3n) is 2.49. The highest BCUT2D eigenvalue weighted by Crippen LogP contribution is 2.16. The molecule has 0 bridgehead atoms. The lowest BCUT2D eigenvalue weighted by Crippen LogP contribution is -2.39. The number of rotatable bonds is 3. The van der Waals surface area contributed by atoms with Crippen molar-refractivity contribution in [3.05, 3.63) is 12.5 Å². The number of ether oxygens (including phenoxy) is 1. The number of amides is 1. The molecule has 2 rings (SSSR count). The van der Waals surface area contributed by atoms with E-state index in [2.05, 4.69) is 20.3 Å². The number of hydrogen-bond donors (Lipinski definition) is 2. The molecule has 1 amide bonds. The van der Waals surface area contributed by atoms with Crippen LogP contribution in [0, 0.1) is 5.92 Å². The molecule has 1 aliphatic heterocycles. The number of carbonyl (C=O) groups is 1. The van der Waals surface area contributed by atoms with Crippen LogP contribution >= 0.6 is 0 Å². The van der Waals surface area contributed by atoms with Gasteiger partial charge in [0.2, 0.25) is 5.91 Å². The first kappa shape index (κ1) is 10.1. The lowest BCUT2D eigenvalue weighted by atomic mass is 10.0. The van der Waals surface area contributed by atoms with E-state index in [1.54, 1.807) is 0 Å². The molecular weight excluding hydrogens is 198 g/mol. The number of aromatic nitrogens is 1. The highest BCUT2D eigenvalue weighted by molar-refractivity contribution is 5.92. The van der Waals surface area contributed by atoms with Gasteiger partial charge in [-0.1, -0.05) is 5.16 Å². The van der Waals surface area contributed by atoms with Gasteiger partial charge in [-0.05, 0) is 7.05 Å². The predicted octanol–water partition coefficient (Wildman–Crippen LogP) is -0.153. The van der Waals surface area contributed by atoms with Crippen molar-refractivity contribution in [2.75, 3.05) is 25.6 Å². The zero-order valence-corrected chi connectivity index (χ0v) is 8.40. The van der Waals surface area contributed by atoms with Gasteiger partial charge in [0.1, 0.15) is 12.0 Å². The van der Waals surface area contributed by atoms with Gasteiger partial charge < -0.3 is 19.9 Å². The normalized spacial score (nSPS) is 25.4. The molecule has 2 N–H and O–H groups in total. The third-order valence-corrected chi connectivity index (χ3v) is 2.49. The van der Waals surface area contributed by atoms with Gasteiger partial charge in [-0.3, -0.25) is 4.79 Å². The van der Waals surface area contributed by atoms with E-state index in [0.717, 1.165) is 0 Å². The van der Waals surface area contributed by atoms with Crippen molar-refractivity contribution >= 4 is 11.6 Å². The van der Waals surface area contributed by atoms with Crippen molar-refractivity contribution in [2.24, 2.45) is 5.92 Å². The summed E-state index contributed by atoms with van der Waals surface area (Å²) in [6, 6.07) is 0.0739. The fraction of sp³-hybridized carbons (Fsp3) is 0.556. The number of likely N-dealkylation sites (N-methyl/N-ethyl adjacent to an activating group) is 1. The Kier molecular flexibility index (Phi) is 2.98. The van der Waals surface area contributed by atoms with E-state index >= 15 is 0 Å². The first-order chi connectivity index (χ1) is 7.31. The number of hydrogen-bond acceptors (Lipinski definition) is 5. The van der Waals surface area contributed by atoms with Gasteiger partial charge in [0.25, 0.3) is 0 Å². The number of nitrogens with one attached hydrogen (secondary N) is 2. The number of anilines is 1. The minimum atomic E-state index is -0.162. The van der Waals surface area contributed by atoms with Crippen molar-refractivity contribution in [3.63, 3.8) is 0 Å². The maximum atomic E-state index is 11.8. The molecular formula is C9H13N3O3. The number of carbonyl (C=O) groups excluding carboxylic acids is 1. The Morgan fingerprint density at radius 1 is 1.60 bits per heavy atom. The fourth-order valence-corrected chi connectivity index (χ4v) is 1.60. The predicted molar refractivity (Wildman–Crippen MR) is 52.3 cm³/mol. The summed E-state index contributed by atoms with van der Waals surface area (Å²) < 4.78 is 9.86. The van der Waals surface area contributed by atoms with Gasteiger partial charge >= 0.3 is 0 Å². The van der Waals surface area contributed by atoms with E-state index in [9.17, 15) is 4.79 Å². The Morgan fingerprint density at radius 3 is 3.13 bits per heavy atom. The summed E-state index contributed by atoms with van der Waals surface area (Å²) in [4.78, 5) is 11.8. The molecule has 1 aromatic heterocycles. The highest BCUT2D eigenvalue weighted by Gasteiger charge is 2.33. The van der Waals surface area contributed by atoms with E-state index < -0.39 is 0 Å². The second-order valence-corrected chi connectivity index (χ2v) is 3.44. The summed E-state index contributed by atoms with van der Waals surface area (Å²) >= 11 is 0. The zero-order valence-electron chi connectivity index (χ0n) is 8.40. The highest BCUT2D eigenvalue weighted by atomic mass is 16.5. The summed E-state index contributed by atoms with van der Waals surface area (Å²) in [7, 11) is 1.82. The van der Waals surface area contributed by atoms with Crippen LogP contribution < -0.4 is 10.6 Å². The van der Waals surface area contributed by atoms with E-state index in [4.69, 9.17) is 4.74 Å². The van der Waals surface area contributed by atoms with E-state index in [0.29, 0.717) is 18.9 Å². The minimum absolute atomic E-state index is 0.0739. The Morgan fingerprint density at radius 2 is 2.47 bits per heavy atom. The molecule has 2 atom stereocenters. The fourth-order valence-electron chi connectivity index (χ4n) is 1.60. The molecule has 0 radical (unpaired) electrons. The first-order valence-electron chi connectivity index (χ1n) is 4.76. The van der Waals surface area contributed by atoms with E-state index in [-0.39, 0.29) is 17.9 Å². The summed E-state index contributed by atoms with van der Waals surface area (Å²) in [6.07, 6.45) is 2.85. The van der Waals surface area contributed by atoms with E-state index in [1.807, 2.05) is 7.05 Å². The maximum absolute atomic E-state index is 11.8. The second kappa shape index (κ2) is 4.41. The molecule has 2 unspecified atom stereocenters. The van der Waals surface area contributed by atoms with Gasteiger partial charge in [-0.25, -0.2) is 0 Å². The van der Waals surface area contributed by atoms with Crippen LogP contribution in [0.2, 0.25) is 0 Å². The van der Waals surface area contributed by atoms with Gasteiger partial charge in [-0.15, -0.1) is 0 Å². The molecule has 15 heavy (non-hydrogen) atoms. The Balaban J connectivity index is 1.96. The van der Waals surface area contributed by atoms with Gasteiger partial charge in [0.15, 0.2) is 0 Å². The standard InChI is InChI=1S/C9H13N3O3/c1-10-8-5-14-4-7(8)9(13)12-6-2-11-15-3-6/h2-3,7-8,10H,4-5H2,1H3,(H,12,13). The molecule has 2 heterocycles. The molecule has 1 aliphatic rings. The molecule has 0 saturated carbocycles. The van der Waals surface area contributed by atoms with Crippen LogP contribution in [0.3, 0.4) is 0 Å². The third kappa shape index (κ3) is 2.16. The van der Waals surface area contributed by atoms with Crippen LogP contribution in [0.15, 0.2) is 17.0 Å². The molecule has 1 aromatic rings. The zero-order chi connectivity index (χ0) is 10.7. The lowest BCUT2D eigenvalue weighted by molar-refractivity contribution is -0.120. The Bertz CT molecular complexity index is 325. The van der Waals surface area contributed by atoms with Crippen molar-refractivity contribution in [1.29, 1.82) is 0 Å². The largest absolute Gasteiger partial charge is 0.379 e. The SMILES string of the molecule is CNC1COCC1C(=O)Nc1cnoc1. The van der Waals surface area contributed by atoms with Crippen LogP contribution in [0.1, 0.15) is 0 Å². The topological polar surface area (TPSA) is 76.4 Å². The maximum Gasteiger partial charge on any atom is 0.231 e. The minimum Gasteiger partial charge on any atom is -0.379 e. The van der Waals surface area contributed by atoms with Crippen molar-refractivity contribution in [2.45, 2.75) is 6.04 Å². The summed E-state index contributed by atoms with van der Waals surface area (Å²) in [5.74, 6) is -0.236. The summed E-state index contributed by atoms with van der Waals surface area (Å²) in [5, 5.41) is 9.27. The first-order valence-corrected chi connectivity index (χ1v) is 4.76. The molecule has 0 aromatic carbocycles.